The zero-order chi connectivity index (χ0) is 26.1. The Morgan fingerprint density at radius 1 is 1.19 bits per heavy atom. The van der Waals surface area contributed by atoms with E-state index < -0.39 is 17.8 Å². The van der Waals surface area contributed by atoms with Crippen LogP contribution in [0.2, 0.25) is 5.02 Å². The fourth-order valence-electron chi connectivity index (χ4n) is 4.89. The molecule has 1 unspecified atom stereocenters. The van der Waals surface area contributed by atoms with Gasteiger partial charge in [0.2, 0.25) is 0 Å². The van der Waals surface area contributed by atoms with Gasteiger partial charge in [-0.25, -0.2) is 23.1 Å². The number of halogens is 4. The summed E-state index contributed by atoms with van der Waals surface area (Å²) in [6, 6.07) is 3.38. The van der Waals surface area contributed by atoms with E-state index in [9.17, 15) is 13.6 Å². The van der Waals surface area contributed by atoms with Crippen LogP contribution in [0.4, 0.5) is 13.2 Å². The van der Waals surface area contributed by atoms with Gasteiger partial charge in [-0.3, -0.25) is 13.9 Å². The van der Waals surface area contributed by atoms with E-state index in [1.54, 1.807) is 38.5 Å². The van der Waals surface area contributed by atoms with Crippen molar-refractivity contribution in [3.05, 3.63) is 80.5 Å². The van der Waals surface area contributed by atoms with Crippen molar-refractivity contribution in [1.29, 1.82) is 0 Å². The first-order chi connectivity index (χ1) is 17.6. The minimum absolute atomic E-state index is 0.128. The van der Waals surface area contributed by atoms with Gasteiger partial charge in [0.05, 0.1) is 18.0 Å². The molecule has 1 aliphatic heterocycles. The fraction of sp³-hybridized carbons (Fsp3) is 0.385. The lowest BCUT2D eigenvalue weighted by molar-refractivity contribution is 0.00449. The molecule has 3 aromatic heterocycles. The van der Waals surface area contributed by atoms with E-state index in [4.69, 9.17) is 21.3 Å². The maximum absolute atomic E-state index is 15.0. The van der Waals surface area contributed by atoms with E-state index in [0.29, 0.717) is 42.0 Å². The lowest BCUT2D eigenvalue weighted by Gasteiger charge is -2.29. The minimum atomic E-state index is -2.72. The van der Waals surface area contributed by atoms with Gasteiger partial charge >= 0.3 is 0 Å². The lowest BCUT2D eigenvalue weighted by Crippen LogP contribution is -2.24. The average molecular weight is 530 g/mol. The molecule has 11 heteroatoms. The SMILES string of the molecule is Cc1nc2c(-c3ccc(Cl)cc3F)nc([C@@H]3CCO[C@H](c4cnn(C5CC5(F)F)c4)C3)cn2c(=O)c1C. The molecular weight excluding hydrogens is 507 g/mol. The number of hydrogen-bond donors (Lipinski definition) is 0. The molecule has 37 heavy (non-hydrogen) atoms. The van der Waals surface area contributed by atoms with Gasteiger partial charge in [0, 0.05) is 58.7 Å². The van der Waals surface area contributed by atoms with E-state index in [0.717, 1.165) is 0 Å². The van der Waals surface area contributed by atoms with E-state index in [-0.39, 0.29) is 45.9 Å². The van der Waals surface area contributed by atoms with Crippen molar-refractivity contribution < 1.29 is 17.9 Å². The number of ether oxygens (including phenoxy) is 1. The van der Waals surface area contributed by atoms with Gasteiger partial charge in [-0.1, -0.05) is 11.6 Å². The molecule has 1 saturated carbocycles. The molecule has 1 aliphatic carbocycles. The molecule has 2 fully saturated rings. The second-order valence-corrected chi connectivity index (χ2v) is 10.2. The van der Waals surface area contributed by atoms with Gasteiger partial charge in [-0.2, -0.15) is 5.10 Å². The summed E-state index contributed by atoms with van der Waals surface area (Å²) in [6.07, 6.45) is 5.37. The molecule has 7 nitrogen and oxygen atoms in total. The zero-order valence-corrected chi connectivity index (χ0v) is 20.8. The van der Waals surface area contributed by atoms with Crippen LogP contribution in [0.15, 0.2) is 41.6 Å². The Bertz CT molecular complexity index is 1600. The molecule has 1 saturated heterocycles. The highest BCUT2D eigenvalue weighted by Crippen LogP contribution is 2.52. The third kappa shape index (κ3) is 4.21. The zero-order valence-electron chi connectivity index (χ0n) is 20.1. The Morgan fingerprint density at radius 2 is 1.97 bits per heavy atom. The number of aromatic nitrogens is 5. The summed E-state index contributed by atoms with van der Waals surface area (Å²) in [7, 11) is 0. The highest BCUT2D eigenvalue weighted by Gasteiger charge is 2.59. The van der Waals surface area contributed by atoms with Gasteiger partial charge in [0.15, 0.2) is 5.65 Å². The van der Waals surface area contributed by atoms with Gasteiger partial charge in [0.25, 0.3) is 11.5 Å². The maximum atomic E-state index is 15.0. The quantitative estimate of drug-likeness (QED) is 0.345. The number of rotatable bonds is 4. The van der Waals surface area contributed by atoms with Gasteiger partial charge in [0.1, 0.15) is 17.6 Å². The molecule has 0 bridgehead atoms. The summed E-state index contributed by atoms with van der Waals surface area (Å²) in [4.78, 5) is 22.6. The molecular formula is C26H23ClF3N5O2. The summed E-state index contributed by atoms with van der Waals surface area (Å²) in [5.74, 6) is -3.42. The van der Waals surface area contributed by atoms with Gasteiger partial charge in [-0.15, -0.1) is 0 Å². The second kappa shape index (κ2) is 8.66. The van der Waals surface area contributed by atoms with E-state index in [2.05, 4.69) is 10.1 Å². The molecule has 192 valence electrons. The summed E-state index contributed by atoms with van der Waals surface area (Å²) in [5.41, 5.74) is 2.78. The second-order valence-electron chi connectivity index (χ2n) is 9.77. The van der Waals surface area contributed by atoms with Crippen LogP contribution >= 0.6 is 11.6 Å². The third-order valence-electron chi connectivity index (χ3n) is 7.29. The van der Waals surface area contributed by atoms with Crippen molar-refractivity contribution in [2.45, 2.75) is 57.1 Å². The first-order valence-corrected chi connectivity index (χ1v) is 12.4. The topological polar surface area (TPSA) is 74.3 Å². The Morgan fingerprint density at radius 3 is 2.70 bits per heavy atom. The molecule has 4 aromatic rings. The summed E-state index contributed by atoms with van der Waals surface area (Å²) < 4.78 is 50.7. The number of nitrogens with zero attached hydrogens (tertiary/aromatic N) is 5. The highest BCUT2D eigenvalue weighted by molar-refractivity contribution is 6.30. The molecule has 0 N–H and O–H groups in total. The Hall–Kier alpha value is -3.24. The van der Waals surface area contributed by atoms with E-state index in [1.165, 1.54) is 21.2 Å². The predicted molar refractivity (Wildman–Crippen MR) is 131 cm³/mol. The van der Waals surface area contributed by atoms with Crippen molar-refractivity contribution in [3.8, 4) is 11.3 Å². The highest BCUT2D eigenvalue weighted by atomic mass is 35.5. The molecule has 6 rings (SSSR count). The van der Waals surface area contributed by atoms with Crippen LogP contribution in [0.25, 0.3) is 16.9 Å². The van der Waals surface area contributed by atoms with Crippen molar-refractivity contribution in [2.24, 2.45) is 0 Å². The summed E-state index contributed by atoms with van der Waals surface area (Å²) in [6.45, 7) is 3.84. The van der Waals surface area contributed by atoms with Crippen LogP contribution in [-0.4, -0.2) is 36.7 Å². The van der Waals surface area contributed by atoms with Crippen LogP contribution in [-0.2, 0) is 4.74 Å². The minimum Gasteiger partial charge on any atom is -0.373 e. The average Bonchev–Trinajstić information content (AvgIpc) is 3.25. The summed E-state index contributed by atoms with van der Waals surface area (Å²) in [5, 5.41) is 4.37. The van der Waals surface area contributed by atoms with E-state index >= 15 is 4.39 Å². The number of benzene rings is 1. The lowest BCUT2D eigenvalue weighted by atomic mass is 9.90. The molecule has 3 atom stereocenters. The number of alkyl halides is 2. The summed E-state index contributed by atoms with van der Waals surface area (Å²) >= 11 is 5.97. The molecule has 4 heterocycles. The van der Waals surface area contributed by atoms with Crippen molar-refractivity contribution in [2.75, 3.05) is 6.61 Å². The van der Waals surface area contributed by atoms with Gasteiger partial charge < -0.3 is 4.74 Å². The molecule has 0 amide bonds. The largest absolute Gasteiger partial charge is 0.373 e. The smallest absolute Gasteiger partial charge is 0.272 e. The van der Waals surface area contributed by atoms with Crippen LogP contribution in [0.3, 0.4) is 0 Å². The Kier molecular flexibility index (Phi) is 5.65. The normalized spacial score (nSPS) is 22.9. The number of hydrogen-bond acceptors (Lipinski definition) is 5. The predicted octanol–water partition coefficient (Wildman–Crippen LogP) is 5.58. The Balaban J connectivity index is 1.41. The standard InChI is InChI=1S/C26H23ClF3N5O2/c1-13-14(2)32-24-23(18-4-3-17(27)8-19(18)28)33-20(12-34(24)25(13)36)15-5-6-37-21(7-15)16-10-31-35(11-16)22-9-26(22,29)30/h3-4,8,10-12,15,21-22H,5-7,9H2,1-2H3/t15-,21+,22?/m1/s1. The monoisotopic (exact) mass is 529 g/mol. The molecule has 0 radical (unpaired) electrons. The first-order valence-electron chi connectivity index (χ1n) is 12.0. The van der Waals surface area contributed by atoms with Gasteiger partial charge in [-0.05, 0) is 44.9 Å². The number of fused-ring (bicyclic) bond motifs is 1. The van der Waals surface area contributed by atoms with Crippen LogP contribution in [0.5, 0.6) is 0 Å². The maximum Gasteiger partial charge on any atom is 0.272 e. The Labute approximate surface area is 214 Å². The molecule has 0 spiro atoms. The van der Waals surface area contributed by atoms with Crippen LogP contribution in [0, 0.1) is 19.7 Å². The van der Waals surface area contributed by atoms with Crippen LogP contribution < -0.4 is 5.56 Å². The number of aryl methyl sites for hydroxylation is 1. The molecule has 1 aromatic carbocycles. The molecule has 2 aliphatic rings. The van der Waals surface area contributed by atoms with Crippen molar-refractivity contribution >= 4 is 17.2 Å². The van der Waals surface area contributed by atoms with Crippen LogP contribution in [0.1, 0.15) is 59.8 Å². The third-order valence-corrected chi connectivity index (χ3v) is 7.53. The van der Waals surface area contributed by atoms with E-state index in [1.807, 2.05) is 0 Å². The fourth-order valence-corrected chi connectivity index (χ4v) is 5.05. The first kappa shape index (κ1) is 24.1. The van der Waals surface area contributed by atoms with Crippen molar-refractivity contribution in [1.82, 2.24) is 24.1 Å². The van der Waals surface area contributed by atoms with Crippen molar-refractivity contribution in [3.63, 3.8) is 0 Å².